The van der Waals surface area contributed by atoms with Crippen molar-refractivity contribution in [2.24, 2.45) is 5.92 Å². The van der Waals surface area contributed by atoms with Crippen molar-refractivity contribution >= 4 is 5.91 Å². The molecule has 0 aromatic carbocycles. The van der Waals surface area contributed by atoms with Gasteiger partial charge >= 0.3 is 0 Å². The highest BCUT2D eigenvalue weighted by Crippen LogP contribution is 2.14. The minimum atomic E-state index is 0.224. The second-order valence-corrected chi connectivity index (χ2v) is 4.73. The summed E-state index contributed by atoms with van der Waals surface area (Å²) in [6.45, 7) is 8.27. The van der Waals surface area contributed by atoms with Crippen LogP contribution in [0.5, 0.6) is 0 Å². The van der Waals surface area contributed by atoms with Gasteiger partial charge in [0.15, 0.2) is 5.82 Å². The maximum atomic E-state index is 11.9. The largest absolute Gasteiger partial charge is 0.333 e. The van der Waals surface area contributed by atoms with Gasteiger partial charge in [0.05, 0.1) is 6.54 Å². The van der Waals surface area contributed by atoms with Crippen LogP contribution in [0.2, 0.25) is 0 Å². The van der Waals surface area contributed by atoms with Gasteiger partial charge in [0.25, 0.3) is 0 Å². The fraction of sp³-hybridized carbons (Fsp3) is 0.727. The van der Waals surface area contributed by atoms with E-state index in [4.69, 9.17) is 0 Å². The Labute approximate surface area is 95.5 Å². The fourth-order valence-corrected chi connectivity index (χ4v) is 1.99. The molecule has 0 atom stereocenters. The molecule has 0 fully saturated rings. The maximum Gasteiger partial charge on any atom is 0.223 e. The first-order valence-electron chi connectivity index (χ1n) is 5.74. The predicted octanol–water partition coefficient (Wildman–Crippen LogP) is 0.975. The summed E-state index contributed by atoms with van der Waals surface area (Å²) in [6, 6.07) is 0. The molecule has 1 amide bonds. The van der Waals surface area contributed by atoms with E-state index in [9.17, 15) is 4.79 Å². The van der Waals surface area contributed by atoms with Crippen molar-refractivity contribution in [1.82, 2.24) is 19.7 Å². The lowest BCUT2D eigenvalue weighted by Crippen LogP contribution is -2.39. The van der Waals surface area contributed by atoms with Crippen LogP contribution in [0.4, 0.5) is 0 Å². The minimum Gasteiger partial charge on any atom is -0.333 e. The van der Waals surface area contributed by atoms with Gasteiger partial charge < -0.3 is 9.47 Å². The highest BCUT2D eigenvalue weighted by Gasteiger charge is 2.23. The molecule has 0 unspecified atom stereocenters. The van der Waals surface area contributed by atoms with Crippen LogP contribution in [0.15, 0.2) is 0 Å². The quantitative estimate of drug-likeness (QED) is 0.749. The van der Waals surface area contributed by atoms with Crippen LogP contribution in [-0.4, -0.2) is 32.1 Å². The molecule has 88 valence electrons. The first-order chi connectivity index (χ1) is 7.58. The van der Waals surface area contributed by atoms with Crippen molar-refractivity contribution in [2.45, 2.75) is 40.3 Å². The molecule has 0 aliphatic carbocycles. The highest BCUT2D eigenvalue weighted by molar-refractivity contribution is 5.76. The van der Waals surface area contributed by atoms with E-state index in [2.05, 4.69) is 28.6 Å². The topological polar surface area (TPSA) is 51.0 Å². The van der Waals surface area contributed by atoms with Gasteiger partial charge in [-0.15, -0.1) is 10.2 Å². The number of carbonyl (C=O) groups is 1. The van der Waals surface area contributed by atoms with Crippen LogP contribution < -0.4 is 0 Å². The SMILES string of the molecule is Cc1nnc2n1CCN(C(=O)CC(C)C)C2. The average Bonchev–Trinajstić information content (AvgIpc) is 2.59. The molecule has 1 aromatic heterocycles. The summed E-state index contributed by atoms with van der Waals surface area (Å²) in [5.74, 6) is 2.47. The predicted molar refractivity (Wildman–Crippen MR) is 59.6 cm³/mol. The molecule has 2 rings (SSSR count). The van der Waals surface area contributed by atoms with Crippen molar-refractivity contribution in [3.63, 3.8) is 0 Å². The van der Waals surface area contributed by atoms with Crippen molar-refractivity contribution in [3.8, 4) is 0 Å². The third-order valence-corrected chi connectivity index (χ3v) is 2.87. The summed E-state index contributed by atoms with van der Waals surface area (Å²) in [7, 11) is 0. The summed E-state index contributed by atoms with van der Waals surface area (Å²) in [5, 5.41) is 8.12. The Morgan fingerprint density at radius 2 is 2.12 bits per heavy atom. The second-order valence-electron chi connectivity index (χ2n) is 4.73. The van der Waals surface area contributed by atoms with Crippen LogP contribution in [0.3, 0.4) is 0 Å². The fourth-order valence-electron chi connectivity index (χ4n) is 1.99. The van der Waals surface area contributed by atoms with Gasteiger partial charge in [-0.3, -0.25) is 4.79 Å². The summed E-state index contributed by atoms with van der Waals surface area (Å²) < 4.78 is 2.08. The van der Waals surface area contributed by atoms with Gasteiger partial charge in [-0.2, -0.15) is 0 Å². The zero-order valence-electron chi connectivity index (χ0n) is 10.1. The second kappa shape index (κ2) is 4.23. The van der Waals surface area contributed by atoms with E-state index in [-0.39, 0.29) is 5.91 Å². The molecule has 0 N–H and O–H groups in total. The smallest absolute Gasteiger partial charge is 0.223 e. The number of hydrogen-bond donors (Lipinski definition) is 0. The van der Waals surface area contributed by atoms with E-state index in [0.29, 0.717) is 18.9 Å². The number of rotatable bonds is 2. The third-order valence-electron chi connectivity index (χ3n) is 2.87. The summed E-state index contributed by atoms with van der Waals surface area (Å²) >= 11 is 0. The molecule has 1 aliphatic heterocycles. The summed E-state index contributed by atoms with van der Waals surface area (Å²) in [4.78, 5) is 13.8. The van der Waals surface area contributed by atoms with Gasteiger partial charge in [0.2, 0.25) is 5.91 Å². The van der Waals surface area contributed by atoms with E-state index < -0.39 is 0 Å². The lowest BCUT2D eigenvalue weighted by molar-refractivity contribution is -0.133. The maximum absolute atomic E-state index is 11.9. The Morgan fingerprint density at radius 1 is 1.38 bits per heavy atom. The van der Waals surface area contributed by atoms with Crippen LogP contribution in [0.25, 0.3) is 0 Å². The van der Waals surface area contributed by atoms with E-state index in [1.54, 1.807) is 0 Å². The molecule has 1 aromatic rings. The molecule has 0 saturated carbocycles. The number of amides is 1. The highest BCUT2D eigenvalue weighted by atomic mass is 16.2. The molecule has 16 heavy (non-hydrogen) atoms. The van der Waals surface area contributed by atoms with E-state index in [1.165, 1.54) is 0 Å². The monoisotopic (exact) mass is 222 g/mol. The Hall–Kier alpha value is -1.39. The van der Waals surface area contributed by atoms with Gasteiger partial charge in [-0.05, 0) is 12.8 Å². The standard InChI is InChI=1S/C11H18N4O/c1-8(2)6-11(16)14-4-5-15-9(3)12-13-10(15)7-14/h8H,4-7H2,1-3H3. The number of aromatic nitrogens is 3. The van der Waals surface area contributed by atoms with Crippen LogP contribution in [-0.2, 0) is 17.9 Å². The van der Waals surface area contributed by atoms with Crippen molar-refractivity contribution in [3.05, 3.63) is 11.6 Å². The lowest BCUT2D eigenvalue weighted by Gasteiger charge is -2.28. The Morgan fingerprint density at radius 3 is 2.81 bits per heavy atom. The van der Waals surface area contributed by atoms with Gasteiger partial charge in [0.1, 0.15) is 5.82 Å². The van der Waals surface area contributed by atoms with Crippen LogP contribution in [0.1, 0.15) is 31.9 Å². The van der Waals surface area contributed by atoms with E-state index in [0.717, 1.165) is 24.7 Å². The van der Waals surface area contributed by atoms with Crippen molar-refractivity contribution in [2.75, 3.05) is 6.54 Å². The molecule has 0 radical (unpaired) electrons. The van der Waals surface area contributed by atoms with Crippen LogP contribution >= 0.6 is 0 Å². The molecule has 1 aliphatic rings. The average molecular weight is 222 g/mol. The van der Waals surface area contributed by atoms with E-state index in [1.807, 2.05) is 11.8 Å². The summed E-state index contributed by atoms with van der Waals surface area (Å²) in [6.07, 6.45) is 0.618. The normalized spacial score (nSPS) is 15.4. The molecule has 5 nitrogen and oxygen atoms in total. The molecular formula is C11H18N4O. The number of hydrogen-bond acceptors (Lipinski definition) is 3. The summed E-state index contributed by atoms with van der Waals surface area (Å²) in [5.41, 5.74) is 0. The van der Waals surface area contributed by atoms with Crippen molar-refractivity contribution in [1.29, 1.82) is 0 Å². The Kier molecular flexibility index (Phi) is 2.94. The van der Waals surface area contributed by atoms with Crippen molar-refractivity contribution < 1.29 is 4.79 Å². The zero-order chi connectivity index (χ0) is 11.7. The molecular weight excluding hydrogens is 204 g/mol. The molecule has 0 saturated heterocycles. The Bertz CT molecular complexity index is 397. The first kappa shape index (κ1) is 11.1. The number of carbonyl (C=O) groups excluding carboxylic acids is 1. The van der Waals surface area contributed by atoms with Gasteiger partial charge in [-0.25, -0.2) is 0 Å². The van der Waals surface area contributed by atoms with Gasteiger partial charge in [-0.1, -0.05) is 13.8 Å². The minimum absolute atomic E-state index is 0.224. The third kappa shape index (κ3) is 2.08. The zero-order valence-corrected chi connectivity index (χ0v) is 10.1. The lowest BCUT2D eigenvalue weighted by atomic mass is 10.1. The molecule has 0 spiro atoms. The molecule has 5 heteroatoms. The number of aryl methyl sites for hydroxylation is 1. The Balaban J connectivity index is 2.05. The first-order valence-corrected chi connectivity index (χ1v) is 5.74. The molecule has 2 heterocycles. The van der Waals surface area contributed by atoms with E-state index >= 15 is 0 Å². The van der Waals surface area contributed by atoms with Gasteiger partial charge in [0, 0.05) is 19.5 Å². The number of nitrogens with zero attached hydrogens (tertiary/aromatic N) is 4. The molecule has 0 bridgehead atoms. The van der Waals surface area contributed by atoms with Crippen LogP contribution in [0, 0.1) is 12.8 Å². The number of fused-ring (bicyclic) bond motifs is 1.